The molecule has 0 radical (unpaired) electrons. The molecule has 5 heteroatoms. The third-order valence-electron chi connectivity index (χ3n) is 3.05. The number of nitrogens with zero attached hydrogens (tertiary/aromatic N) is 1. The Bertz CT molecular complexity index is 597. The average Bonchev–Trinajstić information content (AvgIpc) is 2.44. The van der Waals surface area contributed by atoms with Gasteiger partial charge in [-0.05, 0) is 31.2 Å². The molecule has 106 valence electrons. The lowest BCUT2D eigenvalue weighted by atomic mass is 9.99. The first-order valence-electron chi connectivity index (χ1n) is 6.34. The lowest BCUT2D eigenvalue weighted by Gasteiger charge is -2.19. The van der Waals surface area contributed by atoms with E-state index in [9.17, 15) is 13.2 Å². The number of aromatic nitrogens is 1. The minimum Gasteiger partial charge on any atom is -0.306 e. The van der Waals surface area contributed by atoms with Crippen LogP contribution in [0.4, 0.5) is 13.2 Å². The molecule has 1 aromatic carbocycles. The van der Waals surface area contributed by atoms with Crippen molar-refractivity contribution in [2.45, 2.75) is 19.9 Å². The first-order valence-corrected chi connectivity index (χ1v) is 6.34. The summed E-state index contributed by atoms with van der Waals surface area (Å²) in [6.45, 7) is 4.24. The molecule has 0 spiro atoms. The number of aryl methyl sites for hydroxylation is 1. The van der Waals surface area contributed by atoms with Crippen LogP contribution in [0.2, 0.25) is 0 Å². The molecule has 1 unspecified atom stereocenters. The predicted octanol–water partition coefficient (Wildman–Crippen LogP) is 3.51. The number of halogens is 3. The lowest BCUT2D eigenvalue weighted by molar-refractivity contribution is 0.433. The Hall–Kier alpha value is -1.88. The van der Waals surface area contributed by atoms with Crippen LogP contribution in [-0.2, 0) is 0 Å². The Morgan fingerprint density at radius 1 is 1.10 bits per heavy atom. The molecular formula is C15H15F3N2. The maximum Gasteiger partial charge on any atom is 0.194 e. The third-order valence-corrected chi connectivity index (χ3v) is 3.05. The molecular weight excluding hydrogens is 265 g/mol. The first kappa shape index (κ1) is 14.5. The van der Waals surface area contributed by atoms with Gasteiger partial charge in [-0.25, -0.2) is 13.2 Å². The van der Waals surface area contributed by atoms with Crippen molar-refractivity contribution in [1.29, 1.82) is 0 Å². The van der Waals surface area contributed by atoms with Gasteiger partial charge >= 0.3 is 0 Å². The van der Waals surface area contributed by atoms with E-state index in [0.717, 1.165) is 11.8 Å². The second kappa shape index (κ2) is 6.05. The zero-order valence-corrected chi connectivity index (χ0v) is 11.3. The van der Waals surface area contributed by atoms with Gasteiger partial charge in [-0.2, -0.15) is 0 Å². The molecule has 1 atom stereocenters. The van der Waals surface area contributed by atoms with Crippen molar-refractivity contribution in [3.05, 3.63) is 64.7 Å². The molecule has 1 aromatic heterocycles. The summed E-state index contributed by atoms with van der Waals surface area (Å²) in [5.74, 6) is -3.81. The molecule has 1 N–H and O–H groups in total. The van der Waals surface area contributed by atoms with Gasteiger partial charge in [0.1, 0.15) is 0 Å². The number of pyridine rings is 1. The molecule has 0 amide bonds. The summed E-state index contributed by atoms with van der Waals surface area (Å²) >= 11 is 0. The number of hydrogen-bond donors (Lipinski definition) is 1. The summed E-state index contributed by atoms with van der Waals surface area (Å²) in [4.78, 5) is 4.15. The van der Waals surface area contributed by atoms with Crippen LogP contribution in [0.3, 0.4) is 0 Å². The second-order valence-corrected chi connectivity index (χ2v) is 4.49. The van der Waals surface area contributed by atoms with Gasteiger partial charge in [-0.1, -0.05) is 19.1 Å². The number of rotatable bonds is 4. The predicted molar refractivity (Wildman–Crippen MR) is 70.8 cm³/mol. The highest BCUT2D eigenvalue weighted by atomic mass is 19.2. The van der Waals surface area contributed by atoms with Gasteiger partial charge in [0.05, 0.1) is 6.04 Å². The van der Waals surface area contributed by atoms with Crippen LogP contribution in [0.15, 0.2) is 30.5 Å². The Morgan fingerprint density at radius 3 is 2.45 bits per heavy atom. The molecule has 0 aliphatic carbocycles. The molecule has 2 rings (SSSR count). The lowest BCUT2D eigenvalue weighted by Crippen LogP contribution is -2.23. The molecule has 2 aromatic rings. The Morgan fingerprint density at radius 2 is 1.85 bits per heavy atom. The Balaban J connectivity index is 2.48. The zero-order valence-electron chi connectivity index (χ0n) is 11.3. The normalized spacial score (nSPS) is 12.4. The van der Waals surface area contributed by atoms with Crippen LogP contribution in [-0.4, -0.2) is 11.5 Å². The molecule has 0 saturated heterocycles. The SMILES string of the molecule is CCNC(c1ccc(C)nc1)c1ccc(F)c(F)c1F. The van der Waals surface area contributed by atoms with Crippen molar-refractivity contribution in [3.8, 4) is 0 Å². The maximum atomic E-state index is 13.9. The average molecular weight is 280 g/mol. The molecule has 0 fully saturated rings. The largest absolute Gasteiger partial charge is 0.306 e. The number of nitrogens with one attached hydrogen (secondary N) is 1. The third kappa shape index (κ3) is 2.82. The van der Waals surface area contributed by atoms with Gasteiger partial charge in [0.15, 0.2) is 17.5 Å². The summed E-state index contributed by atoms with van der Waals surface area (Å²) < 4.78 is 40.3. The van der Waals surface area contributed by atoms with Crippen molar-refractivity contribution >= 4 is 0 Å². The van der Waals surface area contributed by atoms with Crippen molar-refractivity contribution in [3.63, 3.8) is 0 Å². The molecule has 2 nitrogen and oxygen atoms in total. The van der Waals surface area contributed by atoms with Crippen molar-refractivity contribution in [2.75, 3.05) is 6.54 Å². The van der Waals surface area contributed by atoms with Gasteiger partial charge in [-0.15, -0.1) is 0 Å². The van der Waals surface area contributed by atoms with Crippen LogP contribution < -0.4 is 5.32 Å². The van der Waals surface area contributed by atoms with Crippen molar-refractivity contribution < 1.29 is 13.2 Å². The standard InChI is InChI=1S/C15H15F3N2/c1-3-19-15(10-5-4-9(2)20-8-10)11-6-7-12(16)14(18)13(11)17/h4-8,15,19H,3H2,1-2H3. The highest BCUT2D eigenvalue weighted by molar-refractivity contribution is 5.32. The maximum absolute atomic E-state index is 13.9. The smallest absolute Gasteiger partial charge is 0.194 e. The fourth-order valence-corrected chi connectivity index (χ4v) is 2.03. The zero-order chi connectivity index (χ0) is 14.7. The summed E-state index contributed by atoms with van der Waals surface area (Å²) in [6.07, 6.45) is 1.60. The second-order valence-electron chi connectivity index (χ2n) is 4.49. The Labute approximate surface area is 115 Å². The molecule has 0 bridgehead atoms. The van der Waals surface area contributed by atoms with Gasteiger partial charge in [-0.3, -0.25) is 4.98 Å². The minimum absolute atomic E-state index is 0.0661. The summed E-state index contributed by atoms with van der Waals surface area (Å²) in [5.41, 5.74) is 1.59. The van der Waals surface area contributed by atoms with E-state index in [1.165, 1.54) is 6.07 Å². The monoisotopic (exact) mass is 280 g/mol. The van der Waals surface area contributed by atoms with Gasteiger partial charge < -0.3 is 5.32 Å². The molecule has 20 heavy (non-hydrogen) atoms. The summed E-state index contributed by atoms with van der Waals surface area (Å²) in [5, 5.41) is 3.05. The van der Waals surface area contributed by atoms with E-state index in [4.69, 9.17) is 0 Å². The van der Waals surface area contributed by atoms with E-state index in [2.05, 4.69) is 10.3 Å². The first-order chi connectivity index (χ1) is 9.54. The van der Waals surface area contributed by atoms with Gasteiger partial charge in [0.25, 0.3) is 0 Å². The fourth-order valence-electron chi connectivity index (χ4n) is 2.03. The topological polar surface area (TPSA) is 24.9 Å². The van der Waals surface area contributed by atoms with Crippen LogP contribution in [0.1, 0.15) is 29.8 Å². The van der Waals surface area contributed by atoms with Crippen LogP contribution in [0.5, 0.6) is 0 Å². The number of hydrogen-bond acceptors (Lipinski definition) is 2. The van der Waals surface area contributed by atoms with Crippen LogP contribution in [0.25, 0.3) is 0 Å². The molecule has 0 aliphatic heterocycles. The van der Waals surface area contributed by atoms with Gasteiger partial charge in [0, 0.05) is 17.5 Å². The van der Waals surface area contributed by atoms with Crippen LogP contribution in [0, 0.1) is 24.4 Å². The quantitative estimate of drug-likeness (QED) is 0.867. The van der Waals surface area contributed by atoms with Crippen molar-refractivity contribution in [2.24, 2.45) is 0 Å². The van der Waals surface area contributed by atoms with Crippen LogP contribution >= 0.6 is 0 Å². The van der Waals surface area contributed by atoms with E-state index in [0.29, 0.717) is 12.1 Å². The van der Waals surface area contributed by atoms with E-state index < -0.39 is 23.5 Å². The highest BCUT2D eigenvalue weighted by Crippen LogP contribution is 2.26. The van der Waals surface area contributed by atoms with Gasteiger partial charge in [0.2, 0.25) is 0 Å². The van der Waals surface area contributed by atoms with E-state index in [1.807, 2.05) is 13.8 Å². The highest BCUT2D eigenvalue weighted by Gasteiger charge is 2.21. The summed E-state index contributed by atoms with van der Waals surface area (Å²) in [7, 11) is 0. The molecule has 1 heterocycles. The fraction of sp³-hybridized carbons (Fsp3) is 0.267. The van der Waals surface area contributed by atoms with E-state index in [-0.39, 0.29) is 5.56 Å². The molecule has 0 saturated carbocycles. The van der Waals surface area contributed by atoms with E-state index >= 15 is 0 Å². The summed E-state index contributed by atoms with van der Waals surface area (Å²) in [6, 6.07) is 5.19. The Kier molecular flexibility index (Phi) is 4.39. The van der Waals surface area contributed by atoms with E-state index in [1.54, 1.807) is 18.3 Å². The van der Waals surface area contributed by atoms with Crippen molar-refractivity contribution in [1.82, 2.24) is 10.3 Å². The minimum atomic E-state index is -1.45. The molecule has 0 aliphatic rings. The number of benzene rings is 1.